The summed E-state index contributed by atoms with van der Waals surface area (Å²) in [4.78, 5) is 43.4. The molecular weight excluding hydrogens is 902 g/mol. The summed E-state index contributed by atoms with van der Waals surface area (Å²) in [7, 11) is -2.46. The molecule has 0 spiro atoms. The van der Waals surface area contributed by atoms with Gasteiger partial charge in [-0.15, -0.1) is 0 Å². The number of sulfonamides is 1. The number of aryl methyl sites for hydroxylation is 1. The van der Waals surface area contributed by atoms with Gasteiger partial charge in [0.1, 0.15) is 41.2 Å². The van der Waals surface area contributed by atoms with E-state index in [9.17, 15) is 30.8 Å². The van der Waals surface area contributed by atoms with Crippen LogP contribution in [-0.4, -0.2) is 59.7 Å². The molecule has 9 rings (SSSR count). The van der Waals surface area contributed by atoms with E-state index in [0.29, 0.717) is 27.8 Å². The van der Waals surface area contributed by atoms with Crippen LogP contribution in [0.15, 0.2) is 65.6 Å². The maximum absolute atomic E-state index is 15.6. The standard InChI is InChI=1S/C43H37ClF6N10O4S/c1-42(2,3)41-51-11-10-27(54-41)20-6-7-23-28(15-20)53-39(60(40(23)62)30-9-8-26(44)33-35(30)58(4)56-38(33)57-65(5,63)64)29(14-19-12-21(45)16-22(46)13-19)52-31(61)18-59-36-32(34(55-59)37(47)48)24-17-25(24)43(36,49)50/h6-13,15-16,24-25,29,37H,14,17-18H2,1-5H3,(H,52,61)(H,56,57)/t24-,25+,29-/m0/s1. The maximum atomic E-state index is 15.6. The number of hydrogen-bond donors (Lipinski definition) is 2. The molecule has 14 nitrogen and oxygen atoms in total. The van der Waals surface area contributed by atoms with Gasteiger partial charge in [0.15, 0.2) is 5.82 Å². The monoisotopic (exact) mass is 938 g/mol. The first-order chi connectivity index (χ1) is 30.5. The molecule has 0 radical (unpaired) electrons. The molecule has 0 aliphatic heterocycles. The number of carbonyl (C=O) groups is 1. The van der Waals surface area contributed by atoms with Crippen molar-refractivity contribution in [3.63, 3.8) is 0 Å². The molecule has 2 aliphatic carbocycles. The van der Waals surface area contributed by atoms with Crippen LogP contribution in [-0.2, 0) is 46.2 Å². The summed E-state index contributed by atoms with van der Waals surface area (Å²) < 4.78 is 119. The molecule has 338 valence electrons. The first-order valence-electron chi connectivity index (χ1n) is 20.1. The van der Waals surface area contributed by atoms with E-state index < -0.39 is 93.1 Å². The first-order valence-corrected chi connectivity index (χ1v) is 22.3. The zero-order valence-electron chi connectivity index (χ0n) is 35.0. The Kier molecular flexibility index (Phi) is 10.4. The van der Waals surface area contributed by atoms with Crippen LogP contribution in [0, 0.1) is 17.6 Å². The second kappa shape index (κ2) is 15.4. The second-order valence-electron chi connectivity index (χ2n) is 17.3. The SMILES string of the molecule is Cn1nc(NS(C)(=O)=O)c2c(Cl)ccc(-n3c([C@H](Cc4cc(F)cc(F)c4)NC(=O)Cn4nc(C(F)F)c5c4C(F)(F)[C@@H]4C[C@H]54)nc4cc(-c5ccnc(C(C)(C)C)n5)ccc4c3=O)c21. The van der Waals surface area contributed by atoms with E-state index in [1.807, 2.05) is 20.8 Å². The van der Waals surface area contributed by atoms with E-state index in [1.165, 1.54) is 29.9 Å². The van der Waals surface area contributed by atoms with Crippen molar-refractivity contribution in [2.75, 3.05) is 11.0 Å². The highest BCUT2D eigenvalue weighted by Gasteiger charge is 2.67. The Bertz CT molecular complexity index is 3290. The average molecular weight is 939 g/mol. The number of alkyl halides is 4. The summed E-state index contributed by atoms with van der Waals surface area (Å²) in [6, 6.07) is 10.2. The smallest absolute Gasteiger partial charge is 0.293 e. The summed E-state index contributed by atoms with van der Waals surface area (Å²) in [6.07, 6.45) is -1.20. The van der Waals surface area contributed by atoms with Gasteiger partial charge in [0.05, 0.1) is 50.5 Å². The van der Waals surface area contributed by atoms with Gasteiger partial charge in [-0.3, -0.25) is 28.2 Å². The van der Waals surface area contributed by atoms with Crippen molar-refractivity contribution in [2.45, 2.75) is 69.9 Å². The van der Waals surface area contributed by atoms with Crippen LogP contribution in [0.2, 0.25) is 5.02 Å². The van der Waals surface area contributed by atoms with Crippen LogP contribution >= 0.6 is 11.6 Å². The van der Waals surface area contributed by atoms with E-state index in [-0.39, 0.29) is 61.7 Å². The normalized spacial score (nSPS) is 17.1. The van der Waals surface area contributed by atoms with Crippen molar-refractivity contribution >= 4 is 55.2 Å². The van der Waals surface area contributed by atoms with Gasteiger partial charge in [0.2, 0.25) is 15.9 Å². The van der Waals surface area contributed by atoms with Gasteiger partial charge >= 0.3 is 0 Å². The van der Waals surface area contributed by atoms with Crippen molar-refractivity contribution in [1.29, 1.82) is 0 Å². The quantitative estimate of drug-likeness (QED) is 0.123. The van der Waals surface area contributed by atoms with Crippen molar-refractivity contribution < 1.29 is 39.6 Å². The summed E-state index contributed by atoms with van der Waals surface area (Å²) in [5.41, 5.74) is -1.98. The molecule has 0 unspecified atom stereocenters. The minimum Gasteiger partial charge on any atom is -0.344 e. The number of rotatable bonds is 11. The number of fused-ring (bicyclic) bond motifs is 5. The number of amides is 1. The Morgan fingerprint density at radius 1 is 1.02 bits per heavy atom. The zero-order chi connectivity index (χ0) is 46.7. The lowest BCUT2D eigenvalue weighted by atomic mass is 9.95. The van der Waals surface area contributed by atoms with Gasteiger partial charge in [-0.1, -0.05) is 38.4 Å². The fourth-order valence-corrected chi connectivity index (χ4v) is 9.36. The van der Waals surface area contributed by atoms with E-state index in [2.05, 4.69) is 25.2 Å². The highest BCUT2D eigenvalue weighted by molar-refractivity contribution is 7.92. The van der Waals surface area contributed by atoms with Crippen molar-refractivity contribution in [2.24, 2.45) is 13.0 Å². The lowest BCUT2D eigenvalue weighted by Crippen LogP contribution is -2.38. The molecule has 3 aromatic carbocycles. The van der Waals surface area contributed by atoms with Gasteiger partial charge in [0.25, 0.3) is 17.9 Å². The first kappa shape index (κ1) is 43.9. The van der Waals surface area contributed by atoms with Crippen molar-refractivity contribution in [3.8, 4) is 16.9 Å². The van der Waals surface area contributed by atoms with Crippen LogP contribution in [0.25, 0.3) is 38.8 Å². The number of halogens is 7. The summed E-state index contributed by atoms with van der Waals surface area (Å²) in [5, 5.41) is 10.9. The summed E-state index contributed by atoms with van der Waals surface area (Å²) in [5.74, 6) is -8.54. The topological polar surface area (TPSA) is 172 Å². The van der Waals surface area contributed by atoms with Crippen LogP contribution in [0.4, 0.5) is 32.2 Å². The zero-order valence-corrected chi connectivity index (χ0v) is 36.5. The number of benzene rings is 3. The molecule has 0 bridgehead atoms. The van der Waals surface area contributed by atoms with E-state index in [0.717, 1.165) is 23.0 Å². The average Bonchev–Trinajstić information content (AvgIpc) is 3.75. The maximum Gasteiger partial charge on any atom is 0.293 e. The van der Waals surface area contributed by atoms with Crippen LogP contribution in [0.5, 0.6) is 0 Å². The van der Waals surface area contributed by atoms with Gasteiger partial charge in [0, 0.05) is 48.2 Å². The molecule has 1 fully saturated rings. The highest BCUT2D eigenvalue weighted by atomic mass is 35.5. The number of nitrogens with zero attached hydrogens (tertiary/aromatic N) is 8. The predicted octanol–water partition coefficient (Wildman–Crippen LogP) is 7.77. The van der Waals surface area contributed by atoms with E-state index >= 15 is 13.6 Å². The molecule has 4 aromatic heterocycles. The largest absolute Gasteiger partial charge is 0.344 e. The molecule has 1 saturated carbocycles. The number of carbonyl (C=O) groups excluding carboxylic acids is 1. The Labute approximate surface area is 370 Å². The number of anilines is 1. The molecule has 7 aromatic rings. The third-order valence-electron chi connectivity index (χ3n) is 11.4. The molecule has 0 saturated heterocycles. The number of nitrogens with one attached hydrogen (secondary N) is 2. The number of hydrogen-bond acceptors (Lipinski definition) is 9. The fraction of sp³-hybridized carbons (Fsp3) is 0.326. The third-order valence-corrected chi connectivity index (χ3v) is 12.3. The van der Waals surface area contributed by atoms with Crippen molar-refractivity contribution in [1.82, 2.24) is 44.4 Å². The van der Waals surface area contributed by atoms with E-state index in [1.54, 1.807) is 24.4 Å². The van der Waals surface area contributed by atoms with Gasteiger partial charge in [-0.2, -0.15) is 19.0 Å². The molecule has 3 atom stereocenters. The lowest BCUT2D eigenvalue weighted by Gasteiger charge is -2.24. The third kappa shape index (κ3) is 7.87. The van der Waals surface area contributed by atoms with Crippen LogP contribution < -0.4 is 15.6 Å². The Balaban J connectivity index is 1.26. The highest BCUT2D eigenvalue weighted by Crippen LogP contribution is 2.68. The molecule has 2 N–H and O–H groups in total. The van der Waals surface area contributed by atoms with Gasteiger partial charge < -0.3 is 5.32 Å². The molecule has 4 heterocycles. The number of aromatic nitrogens is 8. The molecule has 65 heavy (non-hydrogen) atoms. The summed E-state index contributed by atoms with van der Waals surface area (Å²) >= 11 is 6.65. The van der Waals surface area contributed by atoms with E-state index in [4.69, 9.17) is 21.6 Å². The molecule has 2 aliphatic rings. The van der Waals surface area contributed by atoms with Gasteiger partial charge in [-0.25, -0.2) is 40.9 Å². The lowest BCUT2D eigenvalue weighted by molar-refractivity contribution is -0.123. The Morgan fingerprint density at radius 2 is 1.74 bits per heavy atom. The van der Waals surface area contributed by atoms with Crippen LogP contribution in [0.3, 0.4) is 0 Å². The fourth-order valence-electron chi connectivity index (χ4n) is 8.62. The van der Waals surface area contributed by atoms with Crippen molar-refractivity contribution in [3.05, 3.63) is 122 Å². The van der Waals surface area contributed by atoms with Crippen LogP contribution in [0.1, 0.15) is 79.7 Å². The molecular formula is C43H37ClF6N10O4S. The molecule has 1 amide bonds. The Morgan fingerprint density at radius 3 is 2.42 bits per heavy atom. The second-order valence-corrected chi connectivity index (χ2v) is 19.4. The summed E-state index contributed by atoms with van der Waals surface area (Å²) in [6.45, 7) is 4.81. The minimum absolute atomic E-state index is 0.00777. The van der Waals surface area contributed by atoms with Gasteiger partial charge in [-0.05, 0) is 60.4 Å². The Hall–Kier alpha value is -6.35. The predicted molar refractivity (Wildman–Crippen MR) is 228 cm³/mol. The minimum atomic E-state index is -3.92. The molecule has 22 heteroatoms.